The molecular formula is C23H25ClFN3O2S2. The van der Waals surface area contributed by atoms with Gasteiger partial charge in [0, 0.05) is 42.1 Å². The molecule has 4 rings (SSSR count). The SMILES string of the molecule is Cc1cc(C)c(C)c(S(=O)(=O)N2CCN(c3nc(-c4cc(F)cc(Cl)c4)cs3)CC2)c1C. The van der Waals surface area contributed by atoms with Crippen molar-refractivity contribution in [2.75, 3.05) is 31.1 Å². The van der Waals surface area contributed by atoms with E-state index in [1.54, 1.807) is 10.4 Å². The maximum Gasteiger partial charge on any atom is 0.243 e. The summed E-state index contributed by atoms with van der Waals surface area (Å²) in [6.45, 7) is 9.50. The zero-order valence-corrected chi connectivity index (χ0v) is 20.8. The smallest absolute Gasteiger partial charge is 0.243 e. The number of sulfonamides is 1. The molecule has 9 heteroatoms. The Bertz CT molecular complexity index is 1240. The monoisotopic (exact) mass is 493 g/mol. The molecule has 1 aliphatic rings. The maximum atomic E-state index is 13.7. The minimum atomic E-state index is -3.59. The molecule has 1 fully saturated rings. The second kappa shape index (κ2) is 8.74. The second-order valence-corrected chi connectivity index (χ2v) is 11.3. The molecule has 3 aromatic rings. The molecule has 0 bridgehead atoms. The van der Waals surface area contributed by atoms with Crippen molar-refractivity contribution in [3.05, 3.63) is 62.7 Å². The van der Waals surface area contributed by atoms with Crippen LogP contribution in [0.3, 0.4) is 0 Å². The van der Waals surface area contributed by atoms with Gasteiger partial charge in [-0.25, -0.2) is 17.8 Å². The number of hydrogen-bond acceptors (Lipinski definition) is 5. The molecule has 0 N–H and O–H groups in total. The Labute approximate surface area is 197 Å². The van der Waals surface area contributed by atoms with Crippen molar-refractivity contribution in [2.45, 2.75) is 32.6 Å². The van der Waals surface area contributed by atoms with Crippen LogP contribution in [0.4, 0.5) is 9.52 Å². The van der Waals surface area contributed by atoms with Crippen LogP contribution in [0, 0.1) is 33.5 Å². The third kappa shape index (κ3) is 4.29. The van der Waals surface area contributed by atoms with Gasteiger partial charge in [-0.05, 0) is 68.1 Å². The predicted octanol–water partition coefficient (Wildman–Crippen LogP) is 5.35. The van der Waals surface area contributed by atoms with Crippen molar-refractivity contribution in [3.63, 3.8) is 0 Å². The molecule has 2 aromatic carbocycles. The molecule has 0 radical (unpaired) electrons. The number of anilines is 1. The van der Waals surface area contributed by atoms with Gasteiger partial charge in [-0.15, -0.1) is 11.3 Å². The van der Waals surface area contributed by atoms with E-state index < -0.39 is 15.8 Å². The molecule has 0 aliphatic carbocycles. The van der Waals surface area contributed by atoms with Gasteiger partial charge in [0.25, 0.3) is 0 Å². The van der Waals surface area contributed by atoms with Gasteiger partial charge in [-0.2, -0.15) is 4.31 Å². The lowest BCUT2D eigenvalue weighted by Crippen LogP contribution is -2.49. The number of rotatable bonds is 4. The third-order valence-corrected chi connectivity index (χ3v) is 9.35. The average molecular weight is 494 g/mol. The van der Waals surface area contributed by atoms with Gasteiger partial charge in [0.15, 0.2) is 5.13 Å². The van der Waals surface area contributed by atoms with Crippen LogP contribution < -0.4 is 4.90 Å². The van der Waals surface area contributed by atoms with E-state index in [2.05, 4.69) is 9.88 Å². The molecule has 5 nitrogen and oxygen atoms in total. The highest BCUT2D eigenvalue weighted by atomic mass is 35.5. The van der Waals surface area contributed by atoms with Crippen LogP contribution >= 0.6 is 22.9 Å². The summed E-state index contributed by atoms with van der Waals surface area (Å²) < 4.78 is 42.2. The van der Waals surface area contributed by atoms with Gasteiger partial charge in [-0.1, -0.05) is 17.7 Å². The van der Waals surface area contributed by atoms with Crippen molar-refractivity contribution in [1.29, 1.82) is 0 Å². The molecule has 1 aromatic heterocycles. The predicted molar refractivity (Wildman–Crippen MR) is 129 cm³/mol. The van der Waals surface area contributed by atoms with Crippen LogP contribution in [0.15, 0.2) is 34.5 Å². The van der Waals surface area contributed by atoms with Gasteiger partial charge < -0.3 is 4.90 Å². The highest BCUT2D eigenvalue weighted by molar-refractivity contribution is 7.89. The van der Waals surface area contributed by atoms with E-state index in [1.807, 2.05) is 39.1 Å². The van der Waals surface area contributed by atoms with Crippen molar-refractivity contribution in [1.82, 2.24) is 9.29 Å². The molecule has 0 amide bonds. The Kier molecular flexibility index (Phi) is 6.33. The van der Waals surface area contributed by atoms with Crippen LogP contribution in [0.25, 0.3) is 11.3 Å². The number of piperazine rings is 1. The summed E-state index contributed by atoms with van der Waals surface area (Å²) in [5.41, 5.74) is 4.88. The summed E-state index contributed by atoms with van der Waals surface area (Å²) in [5.74, 6) is -0.405. The molecule has 1 saturated heterocycles. The van der Waals surface area contributed by atoms with E-state index in [4.69, 9.17) is 11.6 Å². The van der Waals surface area contributed by atoms with Gasteiger partial charge >= 0.3 is 0 Å². The summed E-state index contributed by atoms with van der Waals surface area (Å²) in [7, 11) is -3.59. The van der Waals surface area contributed by atoms with Crippen molar-refractivity contribution in [3.8, 4) is 11.3 Å². The number of nitrogens with zero attached hydrogens (tertiary/aromatic N) is 3. The number of thiazole rings is 1. The van der Waals surface area contributed by atoms with Gasteiger partial charge in [0.1, 0.15) is 5.82 Å². The van der Waals surface area contributed by atoms with Gasteiger partial charge in [0.2, 0.25) is 10.0 Å². The van der Waals surface area contributed by atoms with Crippen molar-refractivity contribution < 1.29 is 12.8 Å². The molecule has 0 saturated carbocycles. The Balaban J connectivity index is 1.52. The summed E-state index contributed by atoms with van der Waals surface area (Å²) in [6.07, 6.45) is 0. The van der Waals surface area contributed by atoms with Gasteiger partial charge in [0.05, 0.1) is 10.6 Å². The third-order valence-electron chi connectivity index (χ3n) is 6.05. The quantitative estimate of drug-likeness (QED) is 0.491. The molecule has 0 unspecified atom stereocenters. The lowest BCUT2D eigenvalue weighted by atomic mass is 10.0. The van der Waals surface area contributed by atoms with E-state index in [1.165, 1.54) is 23.5 Å². The lowest BCUT2D eigenvalue weighted by molar-refractivity contribution is 0.384. The summed E-state index contributed by atoms with van der Waals surface area (Å²) in [4.78, 5) is 7.14. The standard InChI is InChI=1S/C23H25ClFN3O2S2/c1-14-9-15(2)17(4)22(16(14)3)32(29,30)28-7-5-27(6-8-28)23-26-21(13-31-23)18-10-19(24)12-20(25)11-18/h9-13H,5-8H2,1-4H3. The van der Waals surface area contributed by atoms with Crippen LogP contribution in [-0.2, 0) is 10.0 Å². The summed E-state index contributed by atoms with van der Waals surface area (Å²) in [5, 5.41) is 2.98. The Morgan fingerprint density at radius 2 is 1.59 bits per heavy atom. The molecule has 170 valence electrons. The summed E-state index contributed by atoms with van der Waals surface area (Å²) in [6, 6.07) is 6.39. The maximum absolute atomic E-state index is 13.7. The fourth-order valence-corrected chi connectivity index (χ4v) is 7.17. The number of benzene rings is 2. The minimum Gasteiger partial charge on any atom is -0.345 e. The zero-order valence-electron chi connectivity index (χ0n) is 18.4. The Morgan fingerprint density at radius 3 is 2.19 bits per heavy atom. The van der Waals surface area contributed by atoms with Crippen LogP contribution in [0.1, 0.15) is 22.3 Å². The highest BCUT2D eigenvalue weighted by Gasteiger charge is 2.32. The van der Waals surface area contributed by atoms with E-state index in [9.17, 15) is 12.8 Å². The second-order valence-electron chi connectivity index (χ2n) is 8.15. The van der Waals surface area contributed by atoms with E-state index in [0.29, 0.717) is 47.4 Å². The van der Waals surface area contributed by atoms with Crippen molar-refractivity contribution in [2.24, 2.45) is 0 Å². The fraction of sp³-hybridized carbons (Fsp3) is 0.348. The minimum absolute atomic E-state index is 0.324. The van der Waals surface area contributed by atoms with Crippen LogP contribution in [0.2, 0.25) is 5.02 Å². The van der Waals surface area contributed by atoms with E-state index >= 15 is 0 Å². The normalized spacial score (nSPS) is 15.4. The molecule has 0 spiro atoms. The van der Waals surface area contributed by atoms with Crippen LogP contribution in [0.5, 0.6) is 0 Å². The molecule has 1 aliphatic heterocycles. The zero-order chi connectivity index (χ0) is 23.2. The van der Waals surface area contributed by atoms with Crippen molar-refractivity contribution >= 4 is 38.1 Å². The molecule has 2 heterocycles. The summed E-state index contributed by atoms with van der Waals surface area (Å²) >= 11 is 7.43. The number of halogens is 2. The van der Waals surface area contributed by atoms with Crippen LogP contribution in [-0.4, -0.2) is 43.9 Å². The first-order chi connectivity index (χ1) is 15.1. The topological polar surface area (TPSA) is 53.5 Å². The van der Waals surface area contributed by atoms with E-state index in [0.717, 1.165) is 27.4 Å². The highest BCUT2D eigenvalue weighted by Crippen LogP contribution is 2.32. The number of aryl methyl sites for hydroxylation is 2. The van der Waals surface area contributed by atoms with E-state index in [-0.39, 0.29) is 0 Å². The first-order valence-electron chi connectivity index (χ1n) is 10.3. The number of hydrogen-bond donors (Lipinski definition) is 0. The first-order valence-corrected chi connectivity index (χ1v) is 13.0. The lowest BCUT2D eigenvalue weighted by Gasteiger charge is -2.34. The Morgan fingerprint density at radius 1 is 0.969 bits per heavy atom. The molecule has 0 atom stereocenters. The largest absolute Gasteiger partial charge is 0.345 e. The fourth-order valence-electron chi connectivity index (χ4n) is 4.06. The Hall–Kier alpha value is -2.00. The number of aromatic nitrogens is 1. The molecule has 32 heavy (non-hydrogen) atoms. The van der Waals surface area contributed by atoms with Gasteiger partial charge in [-0.3, -0.25) is 0 Å². The average Bonchev–Trinajstić information content (AvgIpc) is 3.22. The molecular weight excluding hydrogens is 469 g/mol. The first kappa shape index (κ1) is 23.2.